The van der Waals surface area contributed by atoms with Crippen molar-refractivity contribution in [1.29, 1.82) is 5.26 Å². The van der Waals surface area contributed by atoms with Gasteiger partial charge >= 0.3 is 0 Å². The Bertz CT molecular complexity index is 318. The van der Waals surface area contributed by atoms with Gasteiger partial charge in [-0.1, -0.05) is 19.3 Å². The molecule has 0 amide bonds. The summed E-state index contributed by atoms with van der Waals surface area (Å²) in [5.74, 6) is 0.640. The van der Waals surface area contributed by atoms with E-state index in [4.69, 9.17) is 5.26 Å². The molecule has 68 valence electrons. The van der Waals surface area contributed by atoms with Crippen molar-refractivity contribution in [3.8, 4) is 6.07 Å². The van der Waals surface area contributed by atoms with Crippen LogP contribution in [0.4, 0.5) is 0 Å². The minimum Gasteiger partial charge on any atom is -0.248 e. The van der Waals surface area contributed by atoms with Crippen LogP contribution in [0.2, 0.25) is 0 Å². The van der Waals surface area contributed by atoms with Gasteiger partial charge in [0.05, 0.1) is 11.2 Å². The number of rotatable bonds is 1. The lowest BCUT2D eigenvalue weighted by atomic mass is 9.90. The Balaban J connectivity index is 2.11. The molecule has 0 unspecified atom stereocenters. The van der Waals surface area contributed by atoms with Crippen LogP contribution in [0, 0.1) is 11.3 Å². The Morgan fingerprint density at radius 3 is 2.77 bits per heavy atom. The van der Waals surface area contributed by atoms with Gasteiger partial charge in [0.2, 0.25) is 0 Å². The van der Waals surface area contributed by atoms with Crippen molar-refractivity contribution in [1.82, 2.24) is 4.98 Å². The average Bonchev–Trinajstić information content (AvgIpc) is 2.67. The third-order valence-electron chi connectivity index (χ3n) is 2.59. The van der Waals surface area contributed by atoms with Gasteiger partial charge in [-0.25, -0.2) is 4.98 Å². The van der Waals surface area contributed by atoms with Crippen molar-refractivity contribution in [3.63, 3.8) is 0 Å². The van der Waals surface area contributed by atoms with E-state index in [1.54, 1.807) is 17.5 Å². The van der Waals surface area contributed by atoms with E-state index in [9.17, 15) is 0 Å². The molecule has 3 heteroatoms. The highest BCUT2D eigenvalue weighted by molar-refractivity contribution is 7.12. The van der Waals surface area contributed by atoms with E-state index < -0.39 is 0 Å². The summed E-state index contributed by atoms with van der Waals surface area (Å²) in [5, 5.41) is 9.85. The van der Waals surface area contributed by atoms with Crippen LogP contribution < -0.4 is 0 Å². The van der Waals surface area contributed by atoms with Crippen LogP contribution in [0.5, 0.6) is 0 Å². The van der Waals surface area contributed by atoms with Gasteiger partial charge in [-0.3, -0.25) is 0 Å². The van der Waals surface area contributed by atoms with Gasteiger partial charge in [0, 0.05) is 5.92 Å². The quantitative estimate of drug-likeness (QED) is 0.685. The predicted molar refractivity (Wildman–Crippen MR) is 52.7 cm³/mol. The summed E-state index contributed by atoms with van der Waals surface area (Å²) in [6.07, 6.45) is 8.25. The van der Waals surface area contributed by atoms with Crippen molar-refractivity contribution in [2.45, 2.75) is 38.0 Å². The topological polar surface area (TPSA) is 36.7 Å². The molecule has 1 aromatic heterocycles. The highest BCUT2D eigenvalue weighted by Gasteiger charge is 2.18. The molecule has 0 N–H and O–H groups in total. The summed E-state index contributed by atoms with van der Waals surface area (Å²) < 4.78 is 0. The van der Waals surface area contributed by atoms with Crippen molar-refractivity contribution in [2.24, 2.45) is 0 Å². The maximum Gasteiger partial charge on any atom is 0.124 e. The van der Waals surface area contributed by atoms with Gasteiger partial charge < -0.3 is 0 Å². The van der Waals surface area contributed by atoms with E-state index >= 15 is 0 Å². The summed E-state index contributed by atoms with van der Waals surface area (Å²) >= 11 is 1.57. The molecule has 0 spiro atoms. The van der Waals surface area contributed by atoms with Gasteiger partial charge in [0.25, 0.3) is 0 Å². The number of thiazole rings is 1. The molecule has 1 aliphatic carbocycles. The van der Waals surface area contributed by atoms with Gasteiger partial charge in [-0.2, -0.15) is 5.26 Å². The molecule has 1 fully saturated rings. The SMILES string of the molecule is N#Cc1cnc(C2CCCCC2)s1. The summed E-state index contributed by atoms with van der Waals surface area (Å²) in [4.78, 5) is 5.06. The molecule has 1 aliphatic rings. The third kappa shape index (κ3) is 1.89. The standard InChI is InChI=1S/C10H12N2S/c11-6-9-7-12-10(13-9)8-4-2-1-3-5-8/h7-8H,1-5H2. The molecule has 0 aromatic carbocycles. The van der Waals surface area contributed by atoms with Crippen molar-refractivity contribution in [2.75, 3.05) is 0 Å². The first-order valence-electron chi connectivity index (χ1n) is 4.76. The lowest BCUT2D eigenvalue weighted by Gasteiger charge is -2.18. The Hall–Kier alpha value is -0.880. The maximum atomic E-state index is 8.67. The molecule has 2 rings (SSSR count). The van der Waals surface area contributed by atoms with Crippen LogP contribution in [0.25, 0.3) is 0 Å². The second kappa shape index (κ2) is 3.89. The van der Waals surface area contributed by atoms with E-state index in [0.717, 1.165) is 4.88 Å². The Morgan fingerprint density at radius 1 is 1.38 bits per heavy atom. The van der Waals surface area contributed by atoms with E-state index in [0.29, 0.717) is 5.92 Å². The summed E-state index contributed by atoms with van der Waals surface area (Å²) in [7, 11) is 0. The zero-order valence-electron chi connectivity index (χ0n) is 7.49. The first kappa shape index (κ1) is 8.71. The van der Waals surface area contributed by atoms with Gasteiger partial charge in [-0.15, -0.1) is 11.3 Å². The average molecular weight is 192 g/mol. The molecule has 13 heavy (non-hydrogen) atoms. The molecule has 1 heterocycles. The third-order valence-corrected chi connectivity index (χ3v) is 3.65. The van der Waals surface area contributed by atoms with Crippen LogP contribution in [0.1, 0.15) is 47.9 Å². The van der Waals surface area contributed by atoms with Crippen molar-refractivity contribution >= 4 is 11.3 Å². The molecule has 0 radical (unpaired) electrons. The fraction of sp³-hybridized carbons (Fsp3) is 0.600. The first-order valence-corrected chi connectivity index (χ1v) is 5.57. The smallest absolute Gasteiger partial charge is 0.124 e. The second-order valence-electron chi connectivity index (χ2n) is 3.51. The number of hydrogen-bond donors (Lipinski definition) is 0. The zero-order valence-corrected chi connectivity index (χ0v) is 8.31. The number of hydrogen-bond acceptors (Lipinski definition) is 3. The fourth-order valence-electron chi connectivity index (χ4n) is 1.88. The van der Waals surface area contributed by atoms with E-state index in [2.05, 4.69) is 11.1 Å². The summed E-state index contributed by atoms with van der Waals surface area (Å²) in [6, 6.07) is 2.14. The van der Waals surface area contributed by atoms with Gasteiger partial charge in [-0.05, 0) is 12.8 Å². The molecular weight excluding hydrogens is 180 g/mol. The molecule has 0 saturated heterocycles. The monoisotopic (exact) mass is 192 g/mol. The zero-order chi connectivity index (χ0) is 9.10. The molecule has 1 aromatic rings. The molecule has 1 saturated carbocycles. The van der Waals surface area contributed by atoms with Crippen LogP contribution in [0.3, 0.4) is 0 Å². The predicted octanol–water partition coefficient (Wildman–Crippen LogP) is 3.06. The van der Waals surface area contributed by atoms with Crippen LogP contribution in [-0.2, 0) is 0 Å². The fourth-order valence-corrected chi connectivity index (χ4v) is 2.76. The highest BCUT2D eigenvalue weighted by Crippen LogP contribution is 2.34. The minimum absolute atomic E-state index is 0.640. The van der Waals surface area contributed by atoms with Gasteiger partial charge in [0.15, 0.2) is 0 Å². The van der Waals surface area contributed by atoms with Crippen molar-refractivity contribution in [3.05, 3.63) is 16.1 Å². The van der Waals surface area contributed by atoms with E-state index in [1.807, 2.05) is 0 Å². The maximum absolute atomic E-state index is 8.67. The van der Waals surface area contributed by atoms with Crippen LogP contribution in [0.15, 0.2) is 6.20 Å². The van der Waals surface area contributed by atoms with Crippen LogP contribution >= 0.6 is 11.3 Å². The summed E-state index contributed by atoms with van der Waals surface area (Å²) in [6.45, 7) is 0. The van der Waals surface area contributed by atoms with E-state index in [1.165, 1.54) is 37.1 Å². The normalized spacial score (nSPS) is 18.4. The minimum atomic E-state index is 0.640. The Kier molecular flexibility index (Phi) is 2.60. The Morgan fingerprint density at radius 2 is 2.15 bits per heavy atom. The first-order chi connectivity index (χ1) is 6.40. The Labute approximate surface area is 82.2 Å². The molecule has 0 bridgehead atoms. The van der Waals surface area contributed by atoms with Crippen molar-refractivity contribution < 1.29 is 0 Å². The largest absolute Gasteiger partial charge is 0.248 e. The lowest BCUT2D eigenvalue weighted by Crippen LogP contribution is -2.03. The van der Waals surface area contributed by atoms with Crippen LogP contribution in [-0.4, -0.2) is 4.98 Å². The number of nitriles is 1. The second-order valence-corrected chi connectivity index (χ2v) is 4.57. The summed E-state index contributed by atoms with van der Waals surface area (Å²) in [5.41, 5.74) is 0. The number of aromatic nitrogens is 1. The number of nitrogens with zero attached hydrogens (tertiary/aromatic N) is 2. The molecule has 0 atom stereocenters. The molecular formula is C10H12N2S. The lowest BCUT2D eigenvalue weighted by molar-refractivity contribution is 0.442. The molecule has 2 nitrogen and oxygen atoms in total. The van der Waals surface area contributed by atoms with E-state index in [-0.39, 0.29) is 0 Å². The van der Waals surface area contributed by atoms with Gasteiger partial charge in [0.1, 0.15) is 10.9 Å². The highest BCUT2D eigenvalue weighted by atomic mass is 32.1. The molecule has 0 aliphatic heterocycles.